The van der Waals surface area contributed by atoms with Crippen molar-refractivity contribution in [3.63, 3.8) is 0 Å². The zero-order valence-electron chi connectivity index (χ0n) is 9.79. The number of rotatable bonds is 2. The van der Waals surface area contributed by atoms with Gasteiger partial charge < -0.3 is 5.32 Å². The fraction of sp³-hybridized carbons (Fsp3) is 0.200. The molecule has 3 rings (SSSR count). The van der Waals surface area contributed by atoms with Crippen molar-refractivity contribution in [2.24, 2.45) is 0 Å². The van der Waals surface area contributed by atoms with E-state index in [9.17, 15) is 0 Å². The summed E-state index contributed by atoms with van der Waals surface area (Å²) < 4.78 is 0. The maximum Gasteiger partial charge on any atom is 0.0652 e. The van der Waals surface area contributed by atoms with Crippen LogP contribution in [0.5, 0.6) is 0 Å². The molecule has 0 aromatic heterocycles. The van der Waals surface area contributed by atoms with E-state index in [-0.39, 0.29) is 0 Å². The van der Waals surface area contributed by atoms with Gasteiger partial charge in [-0.2, -0.15) is 0 Å². The molecule has 0 unspecified atom stereocenters. The maximum atomic E-state index is 6.17. The van der Waals surface area contributed by atoms with Crippen LogP contribution in [0.15, 0.2) is 42.5 Å². The first kappa shape index (κ1) is 11.9. The summed E-state index contributed by atoms with van der Waals surface area (Å²) in [6.45, 7) is 0. The monoisotopic (exact) mass is 277 g/mol. The molecule has 18 heavy (non-hydrogen) atoms. The van der Waals surface area contributed by atoms with Gasteiger partial charge in [-0.3, -0.25) is 0 Å². The highest BCUT2D eigenvalue weighted by atomic mass is 35.5. The summed E-state index contributed by atoms with van der Waals surface area (Å²) in [6.07, 6.45) is 2.10. The van der Waals surface area contributed by atoms with E-state index in [1.54, 1.807) is 6.07 Å². The molecule has 0 radical (unpaired) electrons. The van der Waals surface area contributed by atoms with Crippen LogP contribution < -0.4 is 5.32 Å². The highest BCUT2D eigenvalue weighted by molar-refractivity contribution is 6.36. The predicted molar refractivity (Wildman–Crippen MR) is 77.7 cm³/mol. The third kappa shape index (κ3) is 2.33. The van der Waals surface area contributed by atoms with Crippen molar-refractivity contribution >= 4 is 28.9 Å². The molecule has 0 atom stereocenters. The molecule has 0 heterocycles. The lowest BCUT2D eigenvalue weighted by molar-refractivity contribution is 0.774. The molecule has 0 aliphatic heterocycles. The second-order valence-corrected chi connectivity index (χ2v) is 5.49. The van der Waals surface area contributed by atoms with Gasteiger partial charge in [-0.1, -0.05) is 47.5 Å². The molecular formula is C15H13Cl2N. The summed E-state index contributed by atoms with van der Waals surface area (Å²) in [4.78, 5) is 0. The number of hydrogen-bond acceptors (Lipinski definition) is 1. The van der Waals surface area contributed by atoms with E-state index in [1.165, 1.54) is 11.1 Å². The standard InChI is InChI=1S/C15H13Cl2N/c16-12-5-6-15(14(17)9-12)18-13-7-10-3-1-2-4-11(10)8-13/h1-6,9,13,18H,7-8H2. The second-order valence-electron chi connectivity index (χ2n) is 4.64. The van der Waals surface area contributed by atoms with Crippen LogP contribution in [0, 0.1) is 0 Å². The first-order valence-electron chi connectivity index (χ1n) is 6.01. The number of benzene rings is 2. The summed E-state index contributed by atoms with van der Waals surface area (Å²) in [7, 11) is 0. The predicted octanol–water partition coefficient (Wildman–Crippen LogP) is 4.57. The molecule has 1 nitrogen and oxygen atoms in total. The van der Waals surface area contributed by atoms with Gasteiger partial charge in [0.25, 0.3) is 0 Å². The van der Waals surface area contributed by atoms with E-state index < -0.39 is 0 Å². The molecule has 0 amide bonds. The minimum absolute atomic E-state index is 0.418. The number of fused-ring (bicyclic) bond motifs is 1. The lowest BCUT2D eigenvalue weighted by atomic mass is 10.1. The van der Waals surface area contributed by atoms with Crippen LogP contribution in [-0.2, 0) is 12.8 Å². The summed E-state index contributed by atoms with van der Waals surface area (Å²) in [6, 6.07) is 14.6. The van der Waals surface area contributed by atoms with Crippen LogP contribution in [0.25, 0.3) is 0 Å². The van der Waals surface area contributed by atoms with Gasteiger partial charge in [0, 0.05) is 11.1 Å². The number of anilines is 1. The molecule has 2 aromatic carbocycles. The van der Waals surface area contributed by atoms with Crippen LogP contribution >= 0.6 is 23.2 Å². The van der Waals surface area contributed by atoms with Gasteiger partial charge in [0.05, 0.1) is 10.7 Å². The number of halogens is 2. The largest absolute Gasteiger partial charge is 0.380 e. The molecular weight excluding hydrogens is 265 g/mol. The Morgan fingerprint density at radius 3 is 2.22 bits per heavy atom. The first-order chi connectivity index (χ1) is 8.72. The molecule has 92 valence electrons. The van der Waals surface area contributed by atoms with E-state index >= 15 is 0 Å². The van der Waals surface area contributed by atoms with Crippen LogP contribution in [0.2, 0.25) is 10.0 Å². The Labute approximate surface area is 117 Å². The van der Waals surface area contributed by atoms with Crippen molar-refractivity contribution in [3.05, 3.63) is 63.6 Å². The Morgan fingerprint density at radius 2 is 1.61 bits per heavy atom. The molecule has 1 aliphatic carbocycles. The Kier molecular flexibility index (Phi) is 3.19. The molecule has 3 heteroatoms. The van der Waals surface area contributed by atoms with Crippen LogP contribution in [-0.4, -0.2) is 6.04 Å². The molecule has 1 aliphatic rings. The molecule has 2 aromatic rings. The van der Waals surface area contributed by atoms with Crippen molar-refractivity contribution in [2.75, 3.05) is 5.32 Å². The number of hydrogen-bond donors (Lipinski definition) is 1. The normalized spacial score (nSPS) is 14.6. The minimum Gasteiger partial charge on any atom is -0.380 e. The SMILES string of the molecule is Clc1ccc(NC2Cc3ccccc3C2)c(Cl)c1. The molecule has 0 fully saturated rings. The average Bonchev–Trinajstić information content (AvgIpc) is 2.75. The molecule has 0 saturated heterocycles. The summed E-state index contributed by atoms with van der Waals surface area (Å²) >= 11 is 12.1. The lowest BCUT2D eigenvalue weighted by Crippen LogP contribution is -2.19. The fourth-order valence-electron chi connectivity index (χ4n) is 2.49. The van der Waals surface area contributed by atoms with Gasteiger partial charge >= 0.3 is 0 Å². The minimum atomic E-state index is 0.418. The number of nitrogens with one attached hydrogen (secondary N) is 1. The van der Waals surface area contributed by atoms with Crippen LogP contribution in [0.3, 0.4) is 0 Å². The second kappa shape index (κ2) is 4.83. The van der Waals surface area contributed by atoms with E-state index in [1.807, 2.05) is 12.1 Å². The first-order valence-corrected chi connectivity index (χ1v) is 6.76. The Bertz CT molecular complexity index is 555. The maximum absolute atomic E-state index is 6.17. The van der Waals surface area contributed by atoms with Crippen LogP contribution in [0.1, 0.15) is 11.1 Å². The smallest absolute Gasteiger partial charge is 0.0652 e. The van der Waals surface area contributed by atoms with Gasteiger partial charge in [-0.15, -0.1) is 0 Å². The van der Waals surface area contributed by atoms with Gasteiger partial charge in [0.2, 0.25) is 0 Å². The third-order valence-electron chi connectivity index (χ3n) is 3.34. The lowest BCUT2D eigenvalue weighted by Gasteiger charge is -2.15. The Balaban J connectivity index is 1.76. The van der Waals surface area contributed by atoms with Crippen molar-refractivity contribution in [1.82, 2.24) is 0 Å². The van der Waals surface area contributed by atoms with Gasteiger partial charge in [-0.05, 0) is 42.2 Å². The van der Waals surface area contributed by atoms with Crippen molar-refractivity contribution in [2.45, 2.75) is 18.9 Å². The van der Waals surface area contributed by atoms with Gasteiger partial charge in [-0.25, -0.2) is 0 Å². The zero-order valence-corrected chi connectivity index (χ0v) is 11.3. The average molecular weight is 278 g/mol. The molecule has 0 saturated carbocycles. The van der Waals surface area contributed by atoms with Gasteiger partial charge in [0.15, 0.2) is 0 Å². The highest BCUT2D eigenvalue weighted by Crippen LogP contribution is 2.29. The van der Waals surface area contributed by atoms with Crippen LogP contribution in [0.4, 0.5) is 5.69 Å². The Morgan fingerprint density at radius 1 is 0.944 bits per heavy atom. The highest BCUT2D eigenvalue weighted by Gasteiger charge is 2.21. The summed E-state index contributed by atoms with van der Waals surface area (Å²) in [5.41, 5.74) is 3.82. The van der Waals surface area contributed by atoms with E-state index in [4.69, 9.17) is 23.2 Å². The fourth-order valence-corrected chi connectivity index (χ4v) is 2.95. The van der Waals surface area contributed by atoms with E-state index in [0.717, 1.165) is 18.5 Å². The molecule has 0 bridgehead atoms. The van der Waals surface area contributed by atoms with Crippen molar-refractivity contribution in [1.29, 1.82) is 0 Å². The molecule has 0 spiro atoms. The quantitative estimate of drug-likeness (QED) is 0.848. The van der Waals surface area contributed by atoms with E-state index in [0.29, 0.717) is 16.1 Å². The molecule has 1 N–H and O–H groups in total. The van der Waals surface area contributed by atoms with E-state index in [2.05, 4.69) is 29.6 Å². The summed E-state index contributed by atoms with van der Waals surface area (Å²) in [5, 5.41) is 4.84. The van der Waals surface area contributed by atoms with Crippen molar-refractivity contribution < 1.29 is 0 Å². The summed E-state index contributed by atoms with van der Waals surface area (Å²) in [5.74, 6) is 0. The topological polar surface area (TPSA) is 12.0 Å². The Hall–Kier alpha value is -1.18. The third-order valence-corrected chi connectivity index (χ3v) is 3.89. The van der Waals surface area contributed by atoms with Gasteiger partial charge in [0.1, 0.15) is 0 Å². The zero-order chi connectivity index (χ0) is 12.5. The van der Waals surface area contributed by atoms with Crippen molar-refractivity contribution in [3.8, 4) is 0 Å².